The lowest BCUT2D eigenvalue weighted by Gasteiger charge is -2.21. The van der Waals surface area contributed by atoms with Gasteiger partial charge in [0, 0.05) is 0 Å². The van der Waals surface area contributed by atoms with Crippen LogP contribution in [0.4, 0.5) is 0 Å². The fraction of sp³-hybridized carbons (Fsp3) is 0.462. The van der Waals surface area contributed by atoms with Crippen molar-refractivity contribution in [3.05, 3.63) is 30.1 Å². The fourth-order valence-electron chi connectivity index (χ4n) is 2.19. The van der Waals surface area contributed by atoms with Gasteiger partial charge in [-0.05, 0) is 32.4 Å². The molecule has 2 rings (SSSR count). The lowest BCUT2D eigenvalue weighted by atomic mass is 10.1. The van der Waals surface area contributed by atoms with Crippen LogP contribution in [0.2, 0.25) is 0 Å². The van der Waals surface area contributed by atoms with E-state index in [-0.39, 0.29) is 12.1 Å². The van der Waals surface area contributed by atoms with E-state index in [4.69, 9.17) is 0 Å². The van der Waals surface area contributed by atoms with E-state index >= 15 is 0 Å². The highest BCUT2D eigenvalue weighted by atomic mass is 16.3. The second kappa shape index (κ2) is 4.26. The number of nitrogens with zero attached hydrogens (tertiary/aromatic N) is 2. The van der Waals surface area contributed by atoms with E-state index in [1.54, 1.807) is 0 Å². The van der Waals surface area contributed by atoms with E-state index in [0.717, 1.165) is 23.3 Å². The van der Waals surface area contributed by atoms with Crippen molar-refractivity contribution in [1.29, 1.82) is 0 Å². The summed E-state index contributed by atoms with van der Waals surface area (Å²) in [7, 11) is 0. The lowest BCUT2D eigenvalue weighted by molar-refractivity contribution is 0.118. The van der Waals surface area contributed by atoms with Crippen LogP contribution in [0.1, 0.15) is 32.1 Å². The molecule has 3 heteroatoms. The van der Waals surface area contributed by atoms with E-state index < -0.39 is 0 Å². The predicted molar refractivity (Wildman–Crippen MR) is 65.5 cm³/mol. The Morgan fingerprint density at radius 2 is 2.06 bits per heavy atom. The van der Waals surface area contributed by atoms with E-state index in [0.29, 0.717) is 0 Å². The molecule has 0 fully saturated rings. The van der Waals surface area contributed by atoms with Crippen molar-refractivity contribution in [2.45, 2.75) is 39.3 Å². The number of benzene rings is 1. The van der Waals surface area contributed by atoms with Gasteiger partial charge in [-0.15, -0.1) is 0 Å². The minimum absolute atomic E-state index is 0.0670. The summed E-state index contributed by atoms with van der Waals surface area (Å²) in [6, 6.07) is 8.11. The second-order valence-corrected chi connectivity index (χ2v) is 4.23. The number of aliphatic hydroxyl groups excluding tert-OH is 1. The summed E-state index contributed by atoms with van der Waals surface area (Å²) < 4.78 is 2.11. The molecule has 0 radical (unpaired) electrons. The molecule has 2 aromatic rings. The van der Waals surface area contributed by atoms with Crippen LogP contribution in [-0.4, -0.2) is 20.8 Å². The molecular formula is C13H18N2O. The van der Waals surface area contributed by atoms with Crippen LogP contribution in [0.25, 0.3) is 11.0 Å². The zero-order valence-electron chi connectivity index (χ0n) is 10.0. The minimum Gasteiger partial charge on any atom is -0.391 e. The third kappa shape index (κ3) is 1.71. The number of rotatable bonds is 3. The number of aromatic nitrogens is 2. The summed E-state index contributed by atoms with van der Waals surface area (Å²) in [6.07, 6.45) is 0.434. The Hall–Kier alpha value is -1.35. The molecule has 0 saturated carbocycles. The topological polar surface area (TPSA) is 38.0 Å². The Morgan fingerprint density at radius 1 is 1.38 bits per heavy atom. The first-order valence-electron chi connectivity index (χ1n) is 5.76. The van der Waals surface area contributed by atoms with Gasteiger partial charge in [-0.2, -0.15) is 0 Å². The Kier molecular flexibility index (Phi) is 2.97. The second-order valence-electron chi connectivity index (χ2n) is 4.23. The van der Waals surface area contributed by atoms with Crippen LogP contribution < -0.4 is 0 Å². The molecule has 2 unspecified atom stereocenters. The number of hydrogen-bond donors (Lipinski definition) is 1. The molecule has 3 nitrogen and oxygen atoms in total. The van der Waals surface area contributed by atoms with E-state index in [9.17, 15) is 5.11 Å². The van der Waals surface area contributed by atoms with Gasteiger partial charge in [-0.25, -0.2) is 4.98 Å². The highest BCUT2D eigenvalue weighted by Crippen LogP contribution is 2.23. The zero-order chi connectivity index (χ0) is 11.7. The number of fused-ring (bicyclic) bond motifs is 1. The van der Waals surface area contributed by atoms with Gasteiger partial charge in [0.15, 0.2) is 0 Å². The summed E-state index contributed by atoms with van der Waals surface area (Å²) >= 11 is 0. The third-order valence-electron chi connectivity index (χ3n) is 3.15. The Morgan fingerprint density at radius 3 is 2.75 bits per heavy atom. The van der Waals surface area contributed by atoms with E-state index in [1.165, 1.54) is 0 Å². The molecule has 0 aliphatic carbocycles. The monoisotopic (exact) mass is 218 g/mol. The summed E-state index contributed by atoms with van der Waals surface area (Å²) in [5.74, 6) is 0.959. The summed E-state index contributed by atoms with van der Waals surface area (Å²) in [5.41, 5.74) is 2.09. The van der Waals surface area contributed by atoms with Gasteiger partial charge >= 0.3 is 0 Å². The first-order chi connectivity index (χ1) is 7.65. The molecule has 0 aliphatic rings. The van der Waals surface area contributed by atoms with Gasteiger partial charge in [0.2, 0.25) is 0 Å². The van der Waals surface area contributed by atoms with Gasteiger partial charge in [-0.3, -0.25) is 0 Å². The molecule has 1 N–H and O–H groups in total. The smallest absolute Gasteiger partial charge is 0.107 e. The van der Waals surface area contributed by atoms with Crippen LogP contribution in [-0.2, 0) is 0 Å². The van der Waals surface area contributed by atoms with E-state index in [2.05, 4.69) is 9.55 Å². The average molecular weight is 218 g/mol. The quantitative estimate of drug-likeness (QED) is 0.860. The summed E-state index contributed by atoms with van der Waals surface area (Å²) in [6.45, 7) is 6.02. The van der Waals surface area contributed by atoms with Crippen LogP contribution in [0.3, 0.4) is 0 Å². The van der Waals surface area contributed by atoms with Crippen molar-refractivity contribution in [2.24, 2.45) is 0 Å². The zero-order valence-corrected chi connectivity index (χ0v) is 10.0. The average Bonchev–Trinajstić information content (AvgIpc) is 2.63. The molecule has 86 valence electrons. The predicted octanol–water partition coefficient (Wildman–Crippen LogP) is 2.68. The Labute approximate surface area is 95.7 Å². The molecule has 0 spiro atoms. The Balaban J connectivity index is 2.54. The fourth-order valence-corrected chi connectivity index (χ4v) is 2.19. The maximum absolute atomic E-state index is 9.93. The third-order valence-corrected chi connectivity index (χ3v) is 3.15. The molecule has 0 amide bonds. The molecule has 1 aromatic carbocycles. The SMILES string of the molecule is CCC(O)C(C)n1c(C)nc2ccccc21. The van der Waals surface area contributed by atoms with Crippen molar-refractivity contribution >= 4 is 11.0 Å². The standard InChI is InChI=1S/C13H18N2O/c1-4-13(16)9(2)15-10(3)14-11-7-5-6-8-12(11)15/h5-9,13,16H,4H2,1-3H3. The maximum Gasteiger partial charge on any atom is 0.107 e. The molecule has 0 bridgehead atoms. The maximum atomic E-state index is 9.93. The summed E-state index contributed by atoms with van der Waals surface area (Å²) in [5, 5.41) is 9.93. The van der Waals surface area contributed by atoms with Crippen molar-refractivity contribution in [1.82, 2.24) is 9.55 Å². The number of aliphatic hydroxyl groups is 1. The first kappa shape index (κ1) is 11.1. The van der Waals surface area contributed by atoms with Crippen molar-refractivity contribution in [3.63, 3.8) is 0 Å². The minimum atomic E-state index is -0.323. The highest BCUT2D eigenvalue weighted by molar-refractivity contribution is 5.76. The van der Waals surface area contributed by atoms with Crippen LogP contribution in [0.15, 0.2) is 24.3 Å². The number of aryl methyl sites for hydroxylation is 1. The largest absolute Gasteiger partial charge is 0.391 e. The van der Waals surface area contributed by atoms with Gasteiger partial charge < -0.3 is 9.67 Å². The van der Waals surface area contributed by atoms with Crippen LogP contribution in [0, 0.1) is 6.92 Å². The normalized spacial score (nSPS) is 15.2. The first-order valence-corrected chi connectivity index (χ1v) is 5.76. The summed E-state index contributed by atoms with van der Waals surface area (Å²) in [4.78, 5) is 4.50. The van der Waals surface area contributed by atoms with Gasteiger partial charge in [0.25, 0.3) is 0 Å². The number of imidazole rings is 1. The molecule has 16 heavy (non-hydrogen) atoms. The molecule has 2 atom stereocenters. The molecule has 0 saturated heterocycles. The van der Waals surface area contributed by atoms with Crippen molar-refractivity contribution < 1.29 is 5.11 Å². The number of para-hydroxylation sites is 2. The van der Waals surface area contributed by atoms with Crippen molar-refractivity contribution in [3.8, 4) is 0 Å². The molecular weight excluding hydrogens is 200 g/mol. The molecule has 1 heterocycles. The lowest BCUT2D eigenvalue weighted by Crippen LogP contribution is -2.21. The molecule has 1 aromatic heterocycles. The van der Waals surface area contributed by atoms with Gasteiger partial charge in [0.1, 0.15) is 5.82 Å². The van der Waals surface area contributed by atoms with Gasteiger partial charge in [-0.1, -0.05) is 19.1 Å². The Bertz CT molecular complexity index is 490. The van der Waals surface area contributed by atoms with Gasteiger partial charge in [0.05, 0.1) is 23.2 Å². The van der Waals surface area contributed by atoms with Crippen LogP contribution in [0.5, 0.6) is 0 Å². The van der Waals surface area contributed by atoms with Crippen LogP contribution >= 0.6 is 0 Å². The van der Waals surface area contributed by atoms with Crippen molar-refractivity contribution in [2.75, 3.05) is 0 Å². The van der Waals surface area contributed by atoms with E-state index in [1.807, 2.05) is 45.0 Å². The highest BCUT2D eigenvalue weighted by Gasteiger charge is 2.18. The number of hydrogen-bond acceptors (Lipinski definition) is 2. The molecule has 0 aliphatic heterocycles.